The van der Waals surface area contributed by atoms with Gasteiger partial charge in [0.1, 0.15) is 0 Å². The van der Waals surface area contributed by atoms with Crippen LogP contribution in [0.5, 0.6) is 0 Å². The van der Waals surface area contributed by atoms with Gasteiger partial charge in [0.25, 0.3) is 0 Å². The van der Waals surface area contributed by atoms with Crippen molar-refractivity contribution < 1.29 is 51.0 Å². The predicted molar refractivity (Wildman–Crippen MR) is 44.7 cm³/mol. The Balaban J connectivity index is -0.000000333. The number of halogens is 2. The first-order chi connectivity index (χ1) is 4.84. The van der Waals surface area contributed by atoms with E-state index in [1.54, 1.807) is 5.57 Å². The van der Waals surface area contributed by atoms with Crippen LogP contribution >= 0.6 is 0 Å². The molecule has 0 aromatic carbocycles. The van der Waals surface area contributed by atoms with E-state index in [1.807, 2.05) is 0 Å². The zero-order valence-electron chi connectivity index (χ0n) is 8.16. The van der Waals surface area contributed by atoms with Crippen LogP contribution in [-0.2, 0) is 26.2 Å². The van der Waals surface area contributed by atoms with Crippen LogP contribution in [0.25, 0.3) is 0 Å². The van der Waals surface area contributed by atoms with Gasteiger partial charge in [0.15, 0.2) is 0 Å². The van der Waals surface area contributed by atoms with E-state index in [4.69, 9.17) is 0 Å². The fraction of sp³-hybridized carbons (Fsp3) is 0.600. The van der Waals surface area contributed by atoms with E-state index < -0.39 is 0 Å². The first-order valence-corrected chi connectivity index (χ1v) is 4.11. The summed E-state index contributed by atoms with van der Waals surface area (Å²) in [4.78, 5) is 0. The molecule has 3 heteroatoms. The van der Waals surface area contributed by atoms with Crippen LogP contribution in [0.3, 0.4) is 0 Å². The second-order valence-corrected chi connectivity index (χ2v) is 2.88. The number of rotatable bonds is 3. The van der Waals surface area contributed by atoms with Crippen LogP contribution in [0.2, 0.25) is 0 Å². The van der Waals surface area contributed by atoms with Crippen LogP contribution in [0.15, 0.2) is 17.2 Å². The fourth-order valence-corrected chi connectivity index (χ4v) is 1.26. The Morgan fingerprint density at radius 2 is 2.00 bits per heavy atom. The molecular formula is C10H15Cl2Zr. The van der Waals surface area contributed by atoms with Crippen molar-refractivity contribution in [1.29, 1.82) is 0 Å². The predicted octanol–water partition coefficient (Wildman–Crippen LogP) is -2.74. The monoisotopic (exact) mass is 295 g/mol. The van der Waals surface area contributed by atoms with E-state index in [0.717, 1.165) is 6.42 Å². The first kappa shape index (κ1) is 19.5. The molecule has 1 aliphatic carbocycles. The normalized spacial score (nSPS) is 13.1. The molecule has 13 heavy (non-hydrogen) atoms. The van der Waals surface area contributed by atoms with Gasteiger partial charge in [-0.3, -0.25) is 6.08 Å². The van der Waals surface area contributed by atoms with Crippen molar-refractivity contribution in [1.82, 2.24) is 0 Å². The van der Waals surface area contributed by atoms with E-state index in [1.165, 1.54) is 24.8 Å². The quantitative estimate of drug-likeness (QED) is 0.496. The molecule has 0 aliphatic heterocycles. The number of hydrogen-bond acceptors (Lipinski definition) is 0. The van der Waals surface area contributed by atoms with Crippen molar-refractivity contribution >= 4 is 0 Å². The third-order valence-corrected chi connectivity index (χ3v) is 2.03. The number of unbranched alkanes of at least 4 members (excludes halogenated alkanes) is 1. The Hall–Kier alpha value is 0.943. The van der Waals surface area contributed by atoms with Crippen LogP contribution < -0.4 is 24.8 Å². The van der Waals surface area contributed by atoms with Gasteiger partial charge < -0.3 is 24.8 Å². The molecule has 0 aromatic heterocycles. The van der Waals surface area contributed by atoms with Gasteiger partial charge in [-0.05, 0) is 0 Å². The third-order valence-electron chi connectivity index (χ3n) is 2.03. The van der Waals surface area contributed by atoms with Crippen LogP contribution in [0.4, 0.5) is 0 Å². The second-order valence-electron chi connectivity index (χ2n) is 2.88. The molecule has 0 N–H and O–H groups in total. The van der Waals surface area contributed by atoms with Gasteiger partial charge in [-0.15, -0.1) is 0 Å². The molecule has 0 heterocycles. The Morgan fingerprint density at radius 1 is 1.38 bits per heavy atom. The third kappa shape index (κ3) is 6.94. The van der Waals surface area contributed by atoms with E-state index in [-0.39, 0.29) is 51.0 Å². The van der Waals surface area contributed by atoms with Crippen LogP contribution in [0, 0.1) is 6.08 Å². The summed E-state index contributed by atoms with van der Waals surface area (Å²) in [5.41, 5.74) is 2.98. The zero-order chi connectivity index (χ0) is 7.40. The molecule has 0 aromatic rings. The molecule has 1 radical (unpaired) electrons. The molecule has 0 fully saturated rings. The summed E-state index contributed by atoms with van der Waals surface area (Å²) in [6.45, 7) is 4.40. The number of allylic oxidation sites excluding steroid dienone is 4. The summed E-state index contributed by atoms with van der Waals surface area (Å²) in [5, 5.41) is 0. The summed E-state index contributed by atoms with van der Waals surface area (Å²) in [5.74, 6) is 0. The Kier molecular flexibility index (Phi) is 16.5. The minimum Gasteiger partial charge on any atom is -1.00 e. The summed E-state index contributed by atoms with van der Waals surface area (Å²) >= 11 is 0. The number of hydrogen-bond donors (Lipinski definition) is 0. The van der Waals surface area contributed by atoms with E-state index in [9.17, 15) is 0 Å². The van der Waals surface area contributed by atoms with Crippen LogP contribution in [0.1, 0.15) is 39.5 Å². The molecule has 0 saturated heterocycles. The maximum absolute atomic E-state index is 3.23. The topological polar surface area (TPSA) is 0 Å². The SMILES string of the molecule is CCCCC1=C(C)[C-]=CC1.[Cl-].[Cl-].[Zr+3]. The average Bonchev–Trinajstić information content (AvgIpc) is 2.31. The van der Waals surface area contributed by atoms with Gasteiger partial charge in [0, 0.05) is 0 Å². The average molecular weight is 297 g/mol. The van der Waals surface area contributed by atoms with Gasteiger partial charge in [-0.25, -0.2) is 11.1 Å². The summed E-state index contributed by atoms with van der Waals surface area (Å²) < 4.78 is 0. The molecule has 1 rings (SSSR count). The first-order valence-electron chi connectivity index (χ1n) is 4.11. The smallest absolute Gasteiger partial charge is 1.00 e. The minimum atomic E-state index is 0. The van der Waals surface area contributed by atoms with Crippen molar-refractivity contribution in [2.24, 2.45) is 0 Å². The molecule has 0 unspecified atom stereocenters. The van der Waals surface area contributed by atoms with Crippen LogP contribution in [-0.4, -0.2) is 0 Å². The van der Waals surface area contributed by atoms with Gasteiger partial charge >= 0.3 is 26.2 Å². The summed E-state index contributed by atoms with van der Waals surface area (Å²) in [7, 11) is 0. The molecular weight excluding hydrogens is 282 g/mol. The molecule has 0 bridgehead atoms. The standard InChI is InChI=1S/C10H15.2ClH.Zr/c1-3-4-7-10-8-5-6-9(10)2;;;/h5H,3-4,7-8H2,1-2H3;2*1H;/q-1;;;+3/p-2. The van der Waals surface area contributed by atoms with Crippen molar-refractivity contribution in [2.75, 3.05) is 0 Å². The van der Waals surface area contributed by atoms with Crippen molar-refractivity contribution in [2.45, 2.75) is 39.5 Å². The Morgan fingerprint density at radius 3 is 2.38 bits per heavy atom. The molecule has 0 spiro atoms. The maximum atomic E-state index is 3.23. The van der Waals surface area contributed by atoms with Crippen molar-refractivity contribution in [3.8, 4) is 0 Å². The Labute approximate surface area is 113 Å². The minimum absolute atomic E-state index is 0. The van der Waals surface area contributed by atoms with E-state index in [0.29, 0.717) is 0 Å². The van der Waals surface area contributed by atoms with Gasteiger partial charge in [-0.2, -0.15) is 6.08 Å². The van der Waals surface area contributed by atoms with Crippen molar-refractivity contribution in [3.63, 3.8) is 0 Å². The molecule has 0 saturated carbocycles. The molecule has 1 aliphatic rings. The van der Waals surface area contributed by atoms with Gasteiger partial charge in [-0.1, -0.05) is 39.5 Å². The summed E-state index contributed by atoms with van der Waals surface area (Å²) in [6.07, 6.45) is 10.5. The molecule has 0 atom stereocenters. The second kappa shape index (κ2) is 11.0. The fourth-order valence-electron chi connectivity index (χ4n) is 1.26. The van der Waals surface area contributed by atoms with E-state index >= 15 is 0 Å². The molecule has 0 amide bonds. The van der Waals surface area contributed by atoms with Gasteiger partial charge in [0.05, 0.1) is 0 Å². The molecule has 73 valence electrons. The molecule has 0 nitrogen and oxygen atoms in total. The van der Waals surface area contributed by atoms with Gasteiger partial charge in [0.2, 0.25) is 0 Å². The summed E-state index contributed by atoms with van der Waals surface area (Å²) in [6, 6.07) is 0. The van der Waals surface area contributed by atoms with E-state index in [2.05, 4.69) is 26.0 Å². The largest absolute Gasteiger partial charge is 3.00 e. The zero-order valence-corrected chi connectivity index (χ0v) is 12.1. The van der Waals surface area contributed by atoms with Crippen molar-refractivity contribution in [3.05, 3.63) is 23.3 Å². The maximum Gasteiger partial charge on any atom is 3.00 e. The Bertz CT molecular complexity index is 174.